The van der Waals surface area contributed by atoms with E-state index >= 15 is 0 Å². The Hall–Kier alpha value is -2.64. The molecule has 0 saturated heterocycles. The summed E-state index contributed by atoms with van der Waals surface area (Å²) in [6.07, 6.45) is 1.94. The van der Waals surface area contributed by atoms with Crippen molar-refractivity contribution in [3.05, 3.63) is 65.9 Å². The molecule has 1 amide bonds. The zero-order valence-corrected chi connectivity index (χ0v) is 13.9. The van der Waals surface area contributed by atoms with Crippen LogP contribution in [0.2, 0.25) is 0 Å². The molecule has 0 fully saturated rings. The summed E-state index contributed by atoms with van der Waals surface area (Å²) in [5, 5.41) is 8.95. The second kappa shape index (κ2) is 6.10. The van der Waals surface area contributed by atoms with Gasteiger partial charge >= 0.3 is 0 Å². The fraction of sp³-hybridized carbons (Fsp3) is 0.118. The highest BCUT2D eigenvalue weighted by Crippen LogP contribution is 2.16. The van der Waals surface area contributed by atoms with Crippen LogP contribution >= 0.6 is 0 Å². The van der Waals surface area contributed by atoms with Gasteiger partial charge in [0.15, 0.2) is 0 Å². The van der Waals surface area contributed by atoms with E-state index in [1.54, 1.807) is 18.2 Å². The standard InChI is InChI=1S/C17H17N3O3S/c1-20-9-8-13-4-5-14(10-16(13)20)17(21)19-11-12-2-6-15(7-3-12)24(18,22)23/h2-10H,11H2,1H3,(H,19,21)(H2,18,22,23). The molecule has 1 heterocycles. The minimum Gasteiger partial charge on any atom is -0.351 e. The third-order valence-corrected chi connectivity index (χ3v) is 4.78. The molecule has 0 saturated carbocycles. The van der Waals surface area contributed by atoms with Crippen molar-refractivity contribution < 1.29 is 13.2 Å². The van der Waals surface area contributed by atoms with Crippen molar-refractivity contribution in [3.8, 4) is 0 Å². The SMILES string of the molecule is Cn1ccc2ccc(C(=O)NCc3ccc(S(N)(=O)=O)cc3)cc21. The largest absolute Gasteiger partial charge is 0.351 e. The summed E-state index contributed by atoms with van der Waals surface area (Å²) in [6.45, 7) is 0.301. The number of hydrogen-bond acceptors (Lipinski definition) is 3. The molecule has 0 aliphatic heterocycles. The number of aromatic nitrogens is 1. The first-order valence-corrected chi connectivity index (χ1v) is 8.84. The quantitative estimate of drug-likeness (QED) is 0.756. The van der Waals surface area contributed by atoms with E-state index in [-0.39, 0.29) is 10.8 Å². The van der Waals surface area contributed by atoms with Crippen LogP contribution < -0.4 is 10.5 Å². The highest BCUT2D eigenvalue weighted by molar-refractivity contribution is 7.89. The number of benzene rings is 2. The van der Waals surface area contributed by atoms with Crippen LogP contribution in [0.5, 0.6) is 0 Å². The molecule has 0 spiro atoms. The van der Waals surface area contributed by atoms with E-state index in [4.69, 9.17) is 5.14 Å². The van der Waals surface area contributed by atoms with Gasteiger partial charge in [-0.1, -0.05) is 18.2 Å². The Kier molecular flexibility index (Phi) is 4.13. The Balaban J connectivity index is 1.71. The first kappa shape index (κ1) is 16.2. The van der Waals surface area contributed by atoms with E-state index in [1.165, 1.54) is 12.1 Å². The number of nitrogens with zero attached hydrogens (tertiary/aromatic N) is 1. The van der Waals surface area contributed by atoms with Crippen molar-refractivity contribution >= 4 is 26.8 Å². The number of carbonyl (C=O) groups excluding carboxylic acids is 1. The minimum absolute atomic E-state index is 0.0479. The normalized spacial score (nSPS) is 11.6. The number of nitrogens with two attached hydrogens (primary N) is 1. The maximum Gasteiger partial charge on any atom is 0.251 e. The minimum atomic E-state index is -3.70. The lowest BCUT2D eigenvalue weighted by Crippen LogP contribution is -2.22. The summed E-state index contributed by atoms with van der Waals surface area (Å²) < 4.78 is 24.4. The molecule has 3 rings (SSSR count). The number of aryl methyl sites for hydroxylation is 1. The number of amides is 1. The third kappa shape index (κ3) is 3.32. The van der Waals surface area contributed by atoms with Crippen LogP contribution in [0.25, 0.3) is 10.9 Å². The molecule has 3 N–H and O–H groups in total. The molecule has 0 bridgehead atoms. The summed E-state index contributed by atoms with van der Waals surface area (Å²) in [6, 6.07) is 13.6. The molecule has 2 aromatic carbocycles. The molecule has 0 atom stereocenters. The lowest BCUT2D eigenvalue weighted by atomic mass is 10.1. The number of rotatable bonds is 4. The number of nitrogens with one attached hydrogen (secondary N) is 1. The second-order valence-electron chi connectivity index (χ2n) is 5.57. The van der Waals surface area contributed by atoms with Crippen molar-refractivity contribution in [2.45, 2.75) is 11.4 Å². The fourth-order valence-electron chi connectivity index (χ4n) is 2.49. The Morgan fingerprint density at radius 1 is 1.12 bits per heavy atom. The van der Waals surface area contributed by atoms with E-state index in [9.17, 15) is 13.2 Å². The molecule has 0 aliphatic rings. The number of sulfonamides is 1. The highest BCUT2D eigenvalue weighted by Gasteiger charge is 2.09. The van der Waals surface area contributed by atoms with Gasteiger partial charge in [0.25, 0.3) is 5.91 Å². The van der Waals surface area contributed by atoms with Gasteiger partial charge in [0.05, 0.1) is 4.90 Å². The summed E-state index contributed by atoms with van der Waals surface area (Å²) >= 11 is 0. The Morgan fingerprint density at radius 2 is 1.83 bits per heavy atom. The van der Waals surface area contributed by atoms with Gasteiger partial charge in [-0.05, 0) is 41.3 Å². The average molecular weight is 343 g/mol. The third-order valence-electron chi connectivity index (χ3n) is 3.86. The Morgan fingerprint density at radius 3 is 2.50 bits per heavy atom. The molecule has 3 aromatic rings. The zero-order chi connectivity index (χ0) is 17.3. The van der Waals surface area contributed by atoms with Crippen LogP contribution in [0.3, 0.4) is 0 Å². The van der Waals surface area contributed by atoms with Gasteiger partial charge < -0.3 is 9.88 Å². The van der Waals surface area contributed by atoms with Gasteiger partial charge in [0.1, 0.15) is 0 Å². The van der Waals surface area contributed by atoms with Crippen LogP contribution in [0, 0.1) is 0 Å². The van der Waals surface area contributed by atoms with Crippen LogP contribution in [0.15, 0.2) is 59.6 Å². The van der Waals surface area contributed by atoms with Crippen molar-refractivity contribution in [2.24, 2.45) is 12.2 Å². The molecule has 0 aliphatic carbocycles. The smallest absolute Gasteiger partial charge is 0.251 e. The molecule has 24 heavy (non-hydrogen) atoms. The number of carbonyl (C=O) groups is 1. The van der Waals surface area contributed by atoms with Gasteiger partial charge in [-0.2, -0.15) is 0 Å². The monoisotopic (exact) mass is 343 g/mol. The lowest BCUT2D eigenvalue weighted by Gasteiger charge is -2.07. The van der Waals surface area contributed by atoms with E-state index in [0.29, 0.717) is 12.1 Å². The Bertz CT molecular complexity index is 1010. The average Bonchev–Trinajstić information content (AvgIpc) is 2.93. The lowest BCUT2D eigenvalue weighted by molar-refractivity contribution is 0.0951. The first-order chi connectivity index (χ1) is 11.3. The number of primary sulfonamides is 1. The molecule has 7 heteroatoms. The molecule has 6 nitrogen and oxygen atoms in total. The molecular formula is C17H17N3O3S. The zero-order valence-electron chi connectivity index (χ0n) is 13.1. The van der Waals surface area contributed by atoms with Crippen molar-refractivity contribution in [1.82, 2.24) is 9.88 Å². The maximum atomic E-state index is 12.3. The topological polar surface area (TPSA) is 94.2 Å². The first-order valence-electron chi connectivity index (χ1n) is 7.29. The maximum absolute atomic E-state index is 12.3. The van der Waals surface area contributed by atoms with Crippen molar-refractivity contribution in [3.63, 3.8) is 0 Å². The van der Waals surface area contributed by atoms with Crippen LogP contribution in [-0.2, 0) is 23.6 Å². The van der Waals surface area contributed by atoms with Gasteiger partial charge in [-0.15, -0.1) is 0 Å². The van der Waals surface area contributed by atoms with E-state index in [1.807, 2.05) is 36.0 Å². The molecule has 124 valence electrons. The predicted molar refractivity (Wildman–Crippen MR) is 91.9 cm³/mol. The van der Waals surface area contributed by atoms with Crippen LogP contribution in [0.4, 0.5) is 0 Å². The molecule has 0 radical (unpaired) electrons. The number of hydrogen-bond donors (Lipinski definition) is 2. The van der Waals surface area contributed by atoms with E-state index in [2.05, 4.69) is 5.32 Å². The molecule has 1 aromatic heterocycles. The van der Waals surface area contributed by atoms with Crippen molar-refractivity contribution in [1.29, 1.82) is 0 Å². The summed E-state index contributed by atoms with van der Waals surface area (Å²) in [7, 11) is -1.78. The molecule has 0 unspecified atom stereocenters. The Labute approximate surface area is 139 Å². The van der Waals surface area contributed by atoms with Gasteiger partial charge in [0.2, 0.25) is 10.0 Å². The van der Waals surface area contributed by atoms with Crippen LogP contribution in [0.1, 0.15) is 15.9 Å². The summed E-state index contributed by atoms with van der Waals surface area (Å²) in [4.78, 5) is 12.3. The highest BCUT2D eigenvalue weighted by atomic mass is 32.2. The predicted octanol–water partition coefficient (Wildman–Crippen LogP) is 1.76. The van der Waals surface area contributed by atoms with Gasteiger partial charge in [0, 0.05) is 30.9 Å². The van der Waals surface area contributed by atoms with E-state index in [0.717, 1.165) is 16.5 Å². The van der Waals surface area contributed by atoms with Gasteiger partial charge in [-0.25, -0.2) is 13.6 Å². The summed E-state index contributed by atoms with van der Waals surface area (Å²) in [5.41, 5.74) is 2.35. The molecular weight excluding hydrogens is 326 g/mol. The van der Waals surface area contributed by atoms with E-state index < -0.39 is 10.0 Å². The fourth-order valence-corrected chi connectivity index (χ4v) is 3.00. The number of fused-ring (bicyclic) bond motifs is 1. The summed E-state index contributed by atoms with van der Waals surface area (Å²) in [5.74, 6) is -0.186. The van der Waals surface area contributed by atoms with Crippen LogP contribution in [-0.4, -0.2) is 18.9 Å². The van der Waals surface area contributed by atoms with Gasteiger partial charge in [-0.3, -0.25) is 4.79 Å². The van der Waals surface area contributed by atoms with Crippen molar-refractivity contribution in [2.75, 3.05) is 0 Å². The second-order valence-corrected chi connectivity index (χ2v) is 7.13.